The lowest BCUT2D eigenvalue weighted by atomic mass is 10.1. The minimum absolute atomic E-state index is 0.0709. The predicted molar refractivity (Wildman–Crippen MR) is 107 cm³/mol. The van der Waals surface area contributed by atoms with Crippen molar-refractivity contribution in [1.29, 1.82) is 0 Å². The van der Waals surface area contributed by atoms with Gasteiger partial charge in [0.05, 0.1) is 39.3 Å². The number of hydrogen-bond donors (Lipinski definition) is 2. The van der Waals surface area contributed by atoms with E-state index in [0.717, 1.165) is 0 Å². The molecule has 0 aliphatic carbocycles. The summed E-state index contributed by atoms with van der Waals surface area (Å²) in [5.41, 5.74) is 0.837. The Morgan fingerprint density at radius 3 is 2.42 bits per heavy atom. The third-order valence-corrected chi connectivity index (χ3v) is 4.18. The highest BCUT2D eigenvalue weighted by Gasteiger charge is 2.25. The number of methoxy groups -OCH3 is 3. The molecule has 0 saturated carbocycles. The molecule has 1 amide bonds. The van der Waals surface area contributed by atoms with Gasteiger partial charge in [0.2, 0.25) is 11.8 Å². The number of carbonyl (C=O) groups is 2. The highest BCUT2D eigenvalue weighted by Crippen LogP contribution is 2.26. The monoisotopic (exact) mass is 427 g/mol. The molecule has 2 aromatic heterocycles. The summed E-state index contributed by atoms with van der Waals surface area (Å²) in [4.78, 5) is 40.1. The van der Waals surface area contributed by atoms with Crippen molar-refractivity contribution < 1.29 is 28.5 Å². The molecule has 3 aromatic rings. The average Bonchev–Trinajstić information content (AvgIpc) is 3.31. The van der Waals surface area contributed by atoms with E-state index >= 15 is 0 Å². The van der Waals surface area contributed by atoms with E-state index in [1.54, 1.807) is 30.5 Å². The van der Waals surface area contributed by atoms with Crippen molar-refractivity contribution in [1.82, 2.24) is 25.3 Å². The number of carbonyl (C=O) groups excluding carboxylic acids is 2. The molecule has 0 fully saturated rings. The number of esters is 1. The Balaban J connectivity index is 1.83. The van der Waals surface area contributed by atoms with E-state index in [0.29, 0.717) is 5.69 Å². The van der Waals surface area contributed by atoms with E-state index < -0.39 is 17.9 Å². The van der Waals surface area contributed by atoms with Crippen molar-refractivity contribution in [2.75, 3.05) is 21.3 Å². The van der Waals surface area contributed by atoms with Crippen molar-refractivity contribution >= 4 is 11.9 Å². The van der Waals surface area contributed by atoms with E-state index in [4.69, 9.17) is 18.9 Å². The molecule has 0 spiro atoms. The number of ether oxygens (including phenoxy) is 4. The van der Waals surface area contributed by atoms with Crippen molar-refractivity contribution in [3.05, 3.63) is 54.1 Å². The first kappa shape index (κ1) is 21.6. The molecule has 1 aromatic carbocycles. The molecule has 162 valence electrons. The highest BCUT2D eigenvalue weighted by atomic mass is 16.5. The van der Waals surface area contributed by atoms with Crippen LogP contribution in [0.5, 0.6) is 23.5 Å². The van der Waals surface area contributed by atoms with Gasteiger partial charge < -0.3 is 29.2 Å². The van der Waals surface area contributed by atoms with Crippen LogP contribution in [-0.4, -0.2) is 59.2 Å². The van der Waals surface area contributed by atoms with E-state index in [1.165, 1.54) is 33.7 Å². The van der Waals surface area contributed by atoms with Crippen molar-refractivity contribution in [2.45, 2.75) is 12.5 Å². The smallest absolute Gasteiger partial charge is 0.328 e. The largest absolute Gasteiger partial charge is 0.481 e. The van der Waals surface area contributed by atoms with Gasteiger partial charge in [0.15, 0.2) is 0 Å². The van der Waals surface area contributed by atoms with Gasteiger partial charge in [-0.05, 0) is 12.1 Å². The third-order valence-electron chi connectivity index (χ3n) is 4.18. The Labute approximate surface area is 177 Å². The number of nitrogens with zero attached hydrogens (tertiary/aromatic N) is 3. The molecule has 2 N–H and O–H groups in total. The summed E-state index contributed by atoms with van der Waals surface area (Å²) in [6, 6.07) is 6.96. The van der Waals surface area contributed by atoms with Crippen LogP contribution in [0.25, 0.3) is 0 Å². The Hall–Kier alpha value is -4.15. The van der Waals surface area contributed by atoms with E-state index in [2.05, 4.69) is 25.3 Å². The van der Waals surface area contributed by atoms with Gasteiger partial charge in [0.25, 0.3) is 5.91 Å². The van der Waals surface area contributed by atoms with E-state index in [-0.39, 0.29) is 35.5 Å². The quantitative estimate of drug-likeness (QED) is 0.487. The highest BCUT2D eigenvalue weighted by molar-refractivity contribution is 5.99. The molecule has 0 bridgehead atoms. The van der Waals surface area contributed by atoms with Crippen molar-refractivity contribution in [2.24, 2.45) is 0 Å². The number of aromatic nitrogens is 4. The number of rotatable bonds is 9. The molecule has 0 aliphatic heterocycles. The predicted octanol–water partition coefficient (Wildman–Crippen LogP) is 1.52. The van der Waals surface area contributed by atoms with Gasteiger partial charge in [-0.25, -0.2) is 9.78 Å². The zero-order valence-corrected chi connectivity index (χ0v) is 17.1. The van der Waals surface area contributed by atoms with Gasteiger partial charge in [0.1, 0.15) is 11.8 Å². The summed E-state index contributed by atoms with van der Waals surface area (Å²) < 4.78 is 20.7. The molecule has 0 radical (unpaired) electrons. The van der Waals surface area contributed by atoms with Crippen LogP contribution >= 0.6 is 0 Å². The fourth-order valence-electron chi connectivity index (χ4n) is 2.67. The first-order chi connectivity index (χ1) is 15.0. The second-order valence-corrected chi connectivity index (χ2v) is 6.16. The lowest BCUT2D eigenvalue weighted by Gasteiger charge is -2.17. The van der Waals surface area contributed by atoms with Crippen LogP contribution in [-0.2, 0) is 16.0 Å². The SMILES string of the molecule is COC(=O)[C@H](Cc1cnc[nH]1)NC(=O)c1ccccc1Oc1nc(OC)cc(OC)n1. The minimum Gasteiger partial charge on any atom is -0.481 e. The molecule has 0 aliphatic rings. The van der Waals surface area contributed by atoms with Crippen LogP contribution in [0.2, 0.25) is 0 Å². The second kappa shape index (κ2) is 10.1. The third kappa shape index (κ3) is 5.47. The van der Waals surface area contributed by atoms with Gasteiger partial charge in [-0.15, -0.1) is 0 Å². The fraction of sp³-hybridized carbons (Fsp3) is 0.250. The van der Waals surface area contributed by atoms with Crippen LogP contribution < -0.4 is 19.5 Å². The standard InChI is InChI=1S/C20H21N5O6/c1-28-16-9-17(29-2)25-20(24-16)31-15-7-5-4-6-13(15)18(26)23-14(19(27)30-3)8-12-10-21-11-22-12/h4-7,9-11,14H,8H2,1-3H3,(H,21,22)(H,23,26)/t14-/m0/s1. The van der Waals surface area contributed by atoms with Gasteiger partial charge in [0, 0.05) is 18.3 Å². The number of H-pyrrole nitrogens is 1. The first-order valence-electron chi connectivity index (χ1n) is 9.14. The lowest BCUT2D eigenvalue weighted by Crippen LogP contribution is -2.43. The van der Waals surface area contributed by atoms with Gasteiger partial charge >= 0.3 is 12.0 Å². The Bertz CT molecular complexity index is 1020. The summed E-state index contributed by atoms with van der Waals surface area (Å²) in [5.74, 6) is -0.494. The maximum absolute atomic E-state index is 12.9. The van der Waals surface area contributed by atoms with Crippen molar-refractivity contribution in [3.63, 3.8) is 0 Å². The second-order valence-electron chi connectivity index (χ2n) is 6.16. The average molecular weight is 427 g/mol. The van der Waals surface area contributed by atoms with Crippen LogP contribution in [0.1, 0.15) is 16.1 Å². The Kier molecular flexibility index (Phi) is 6.99. The molecule has 0 unspecified atom stereocenters. The summed E-state index contributed by atoms with van der Waals surface area (Å²) >= 11 is 0. The van der Waals surface area contributed by atoms with Crippen LogP contribution in [0, 0.1) is 0 Å². The summed E-state index contributed by atoms with van der Waals surface area (Å²) in [6.45, 7) is 0. The number of benzene rings is 1. The van der Waals surface area contributed by atoms with E-state index in [1.807, 2.05) is 0 Å². The van der Waals surface area contributed by atoms with Gasteiger partial charge in [-0.2, -0.15) is 9.97 Å². The Morgan fingerprint density at radius 2 is 1.81 bits per heavy atom. The summed E-state index contributed by atoms with van der Waals surface area (Å²) in [7, 11) is 4.14. The zero-order valence-electron chi connectivity index (χ0n) is 17.1. The Morgan fingerprint density at radius 1 is 1.10 bits per heavy atom. The maximum atomic E-state index is 12.9. The molecule has 11 nitrogen and oxygen atoms in total. The van der Waals surface area contributed by atoms with Crippen molar-refractivity contribution in [3.8, 4) is 23.5 Å². The molecule has 0 saturated heterocycles. The first-order valence-corrected chi connectivity index (χ1v) is 9.14. The molecular formula is C20H21N5O6. The normalized spacial score (nSPS) is 11.3. The molecule has 31 heavy (non-hydrogen) atoms. The number of amides is 1. The number of aromatic amines is 1. The number of hydrogen-bond acceptors (Lipinski definition) is 9. The molecule has 3 rings (SSSR count). The molecule has 1 atom stereocenters. The number of nitrogens with one attached hydrogen (secondary N) is 2. The zero-order chi connectivity index (χ0) is 22.2. The van der Waals surface area contributed by atoms with Crippen LogP contribution in [0.3, 0.4) is 0 Å². The lowest BCUT2D eigenvalue weighted by molar-refractivity contribution is -0.142. The molecule has 2 heterocycles. The molecule has 11 heteroatoms. The summed E-state index contributed by atoms with van der Waals surface area (Å²) in [6.07, 6.45) is 3.22. The topological polar surface area (TPSA) is 138 Å². The van der Waals surface area contributed by atoms with Gasteiger partial charge in [-0.1, -0.05) is 12.1 Å². The maximum Gasteiger partial charge on any atom is 0.328 e. The fourth-order valence-corrected chi connectivity index (χ4v) is 2.67. The minimum atomic E-state index is -0.931. The van der Waals surface area contributed by atoms with Gasteiger partial charge in [-0.3, -0.25) is 4.79 Å². The summed E-state index contributed by atoms with van der Waals surface area (Å²) in [5, 5.41) is 2.66. The van der Waals surface area contributed by atoms with E-state index in [9.17, 15) is 9.59 Å². The molecular weight excluding hydrogens is 406 g/mol. The number of imidazole rings is 1. The number of para-hydroxylation sites is 1. The van der Waals surface area contributed by atoms with Crippen LogP contribution in [0.15, 0.2) is 42.9 Å². The van der Waals surface area contributed by atoms with Crippen LogP contribution in [0.4, 0.5) is 0 Å².